The minimum atomic E-state index is -0.469. The third-order valence-corrected chi connectivity index (χ3v) is 2.62. The van der Waals surface area contributed by atoms with Crippen LogP contribution in [-0.4, -0.2) is 29.9 Å². The second kappa shape index (κ2) is 5.27. The van der Waals surface area contributed by atoms with E-state index in [1.807, 2.05) is 0 Å². The number of hydrogen-bond acceptors (Lipinski definition) is 2. The Morgan fingerprint density at radius 1 is 1.44 bits per heavy atom. The van der Waals surface area contributed by atoms with Gasteiger partial charge in [-0.15, -0.1) is 12.4 Å². The van der Waals surface area contributed by atoms with Gasteiger partial charge in [0, 0.05) is 19.1 Å². The molecule has 1 heterocycles. The van der Waals surface area contributed by atoms with Crippen LogP contribution in [0.15, 0.2) is 24.3 Å². The van der Waals surface area contributed by atoms with Crippen LogP contribution in [0.3, 0.4) is 0 Å². The van der Waals surface area contributed by atoms with Crippen LogP contribution in [0, 0.1) is 5.82 Å². The van der Waals surface area contributed by atoms with Gasteiger partial charge in [0.25, 0.3) is 5.91 Å². The maximum atomic E-state index is 13.3. The first-order valence-electron chi connectivity index (χ1n) is 4.98. The highest BCUT2D eigenvalue weighted by molar-refractivity contribution is 5.94. The number of nitrogens with two attached hydrogens (primary N) is 1. The van der Waals surface area contributed by atoms with Crippen molar-refractivity contribution in [2.75, 3.05) is 13.1 Å². The molecule has 1 aliphatic rings. The van der Waals surface area contributed by atoms with E-state index in [0.29, 0.717) is 13.1 Å². The quantitative estimate of drug-likeness (QED) is 0.812. The van der Waals surface area contributed by atoms with Gasteiger partial charge < -0.3 is 10.6 Å². The molecule has 16 heavy (non-hydrogen) atoms. The van der Waals surface area contributed by atoms with E-state index < -0.39 is 5.82 Å². The maximum Gasteiger partial charge on any atom is 0.256 e. The fourth-order valence-electron chi connectivity index (χ4n) is 1.78. The molecular weight excluding hydrogens is 231 g/mol. The number of rotatable bonds is 1. The molecule has 0 aromatic heterocycles. The summed E-state index contributed by atoms with van der Waals surface area (Å²) >= 11 is 0. The topological polar surface area (TPSA) is 46.3 Å². The summed E-state index contributed by atoms with van der Waals surface area (Å²) in [6.45, 7) is 1.14. The molecule has 0 unspecified atom stereocenters. The second-order valence-corrected chi connectivity index (χ2v) is 3.78. The number of halogens is 2. The van der Waals surface area contributed by atoms with Crippen LogP contribution in [0.1, 0.15) is 16.8 Å². The van der Waals surface area contributed by atoms with E-state index in [0.717, 1.165) is 6.42 Å². The molecule has 5 heteroatoms. The Kier molecular flexibility index (Phi) is 4.26. The predicted molar refractivity (Wildman–Crippen MR) is 62.1 cm³/mol. The zero-order valence-electron chi connectivity index (χ0n) is 8.73. The lowest BCUT2D eigenvalue weighted by Crippen LogP contribution is -2.32. The van der Waals surface area contributed by atoms with Crippen LogP contribution >= 0.6 is 12.4 Å². The van der Waals surface area contributed by atoms with Crippen LogP contribution in [0.5, 0.6) is 0 Å². The van der Waals surface area contributed by atoms with E-state index in [-0.39, 0.29) is 29.9 Å². The van der Waals surface area contributed by atoms with E-state index in [4.69, 9.17) is 5.73 Å². The van der Waals surface area contributed by atoms with Crippen molar-refractivity contribution >= 4 is 18.3 Å². The largest absolute Gasteiger partial charge is 0.337 e. The highest BCUT2D eigenvalue weighted by atomic mass is 35.5. The summed E-state index contributed by atoms with van der Waals surface area (Å²) in [7, 11) is 0. The maximum absolute atomic E-state index is 13.3. The van der Waals surface area contributed by atoms with Crippen LogP contribution in [0.4, 0.5) is 4.39 Å². The molecule has 88 valence electrons. The Morgan fingerprint density at radius 2 is 2.12 bits per heavy atom. The molecule has 1 aliphatic heterocycles. The van der Waals surface area contributed by atoms with E-state index >= 15 is 0 Å². The first-order chi connectivity index (χ1) is 7.18. The van der Waals surface area contributed by atoms with Gasteiger partial charge >= 0.3 is 0 Å². The molecule has 2 rings (SSSR count). The summed E-state index contributed by atoms with van der Waals surface area (Å²) in [6.07, 6.45) is 0.792. The highest BCUT2D eigenvalue weighted by Gasteiger charge is 2.25. The molecule has 1 saturated heterocycles. The number of amides is 1. The predicted octanol–water partition coefficient (Wildman–Crippen LogP) is 1.42. The molecule has 0 bridgehead atoms. The third kappa shape index (κ3) is 2.51. The average Bonchev–Trinajstić information content (AvgIpc) is 2.65. The van der Waals surface area contributed by atoms with Crippen molar-refractivity contribution in [1.29, 1.82) is 0 Å². The molecule has 1 fully saturated rings. The summed E-state index contributed by atoms with van der Waals surface area (Å²) in [5.41, 5.74) is 5.82. The second-order valence-electron chi connectivity index (χ2n) is 3.78. The zero-order valence-corrected chi connectivity index (χ0v) is 9.54. The van der Waals surface area contributed by atoms with Crippen molar-refractivity contribution in [1.82, 2.24) is 4.90 Å². The van der Waals surface area contributed by atoms with Gasteiger partial charge in [0.15, 0.2) is 0 Å². The van der Waals surface area contributed by atoms with Crippen LogP contribution < -0.4 is 5.73 Å². The summed E-state index contributed by atoms with van der Waals surface area (Å²) in [4.78, 5) is 13.4. The smallest absolute Gasteiger partial charge is 0.256 e. The Morgan fingerprint density at radius 3 is 2.69 bits per heavy atom. The first-order valence-corrected chi connectivity index (χ1v) is 4.98. The standard InChI is InChI=1S/C11H13FN2O.ClH/c12-10-4-2-1-3-9(10)11(15)14-6-5-8(13)7-14;/h1-4,8H,5-7,13H2;1H/t8-;/m1./s1. The molecule has 0 spiro atoms. The van der Waals surface area contributed by atoms with Gasteiger partial charge in [-0.05, 0) is 18.6 Å². The summed E-state index contributed by atoms with van der Waals surface area (Å²) < 4.78 is 13.3. The number of nitrogens with zero attached hydrogens (tertiary/aromatic N) is 1. The van der Waals surface area contributed by atoms with E-state index in [1.54, 1.807) is 17.0 Å². The van der Waals surface area contributed by atoms with Gasteiger partial charge in [-0.3, -0.25) is 4.79 Å². The normalized spacial score (nSPS) is 19.4. The Balaban J connectivity index is 0.00000128. The van der Waals surface area contributed by atoms with E-state index in [9.17, 15) is 9.18 Å². The minimum Gasteiger partial charge on any atom is -0.337 e. The number of carbonyl (C=O) groups excluding carboxylic acids is 1. The SMILES string of the molecule is Cl.N[C@@H]1CCN(C(=O)c2ccccc2F)C1. The lowest BCUT2D eigenvalue weighted by atomic mass is 10.2. The van der Waals surface area contributed by atoms with Crippen molar-refractivity contribution in [2.45, 2.75) is 12.5 Å². The Labute approximate surface area is 99.8 Å². The van der Waals surface area contributed by atoms with E-state index in [2.05, 4.69) is 0 Å². The average molecular weight is 245 g/mol. The molecule has 3 nitrogen and oxygen atoms in total. The van der Waals surface area contributed by atoms with Crippen molar-refractivity contribution in [3.05, 3.63) is 35.6 Å². The molecule has 0 radical (unpaired) electrons. The van der Waals surface area contributed by atoms with E-state index in [1.165, 1.54) is 12.1 Å². The molecular formula is C11H14ClFN2O. The zero-order chi connectivity index (χ0) is 10.8. The Hall–Kier alpha value is -1.13. The van der Waals surface area contributed by atoms with Crippen LogP contribution in [-0.2, 0) is 0 Å². The van der Waals surface area contributed by atoms with Gasteiger partial charge in [-0.2, -0.15) is 0 Å². The number of hydrogen-bond donors (Lipinski definition) is 1. The lowest BCUT2D eigenvalue weighted by Gasteiger charge is -2.15. The summed E-state index contributed by atoms with van der Waals surface area (Å²) in [5, 5.41) is 0. The molecule has 0 saturated carbocycles. The fourth-order valence-corrected chi connectivity index (χ4v) is 1.78. The number of benzene rings is 1. The Bertz CT molecular complexity index is 386. The van der Waals surface area contributed by atoms with Crippen molar-refractivity contribution < 1.29 is 9.18 Å². The number of carbonyl (C=O) groups is 1. The van der Waals surface area contributed by atoms with Gasteiger partial charge in [0.1, 0.15) is 5.82 Å². The van der Waals surface area contributed by atoms with Crippen molar-refractivity contribution in [2.24, 2.45) is 5.73 Å². The lowest BCUT2D eigenvalue weighted by molar-refractivity contribution is 0.0786. The van der Waals surface area contributed by atoms with Crippen LogP contribution in [0.25, 0.3) is 0 Å². The molecule has 0 aliphatic carbocycles. The first kappa shape index (κ1) is 12.9. The number of likely N-dealkylation sites (tertiary alicyclic amines) is 1. The molecule has 1 atom stereocenters. The van der Waals surface area contributed by atoms with Gasteiger partial charge in [-0.25, -0.2) is 4.39 Å². The molecule has 2 N–H and O–H groups in total. The van der Waals surface area contributed by atoms with Crippen molar-refractivity contribution in [3.8, 4) is 0 Å². The molecule has 1 aromatic carbocycles. The van der Waals surface area contributed by atoms with Gasteiger partial charge in [0.05, 0.1) is 5.56 Å². The minimum absolute atomic E-state index is 0. The molecule has 1 amide bonds. The molecule has 1 aromatic rings. The summed E-state index contributed by atoms with van der Waals surface area (Å²) in [5.74, 6) is -0.732. The van der Waals surface area contributed by atoms with Gasteiger partial charge in [-0.1, -0.05) is 12.1 Å². The third-order valence-electron chi connectivity index (χ3n) is 2.62. The highest BCUT2D eigenvalue weighted by Crippen LogP contribution is 2.14. The van der Waals surface area contributed by atoms with Gasteiger partial charge in [0.2, 0.25) is 0 Å². The van der Waals surface area contributed by atoms with Crippen molar-refractivity contribution in [3.63, 3.8) is 0 Å². The van der Waals surface area contributed by atoms with Crippen LogP contribution in [0.2, 0.25) is 0 Å². The summed E-state index contributed by atoms with van der Waals surface area (Å²) in [6, 6.07) is 6.06. The fraction of sp³-hybridized carbons (Fsp3) is 0.364. The monoisotopic (exact) mass is 244 g/mol.